The molecule has 0 bridgehead atoms. The molecule has 0 aliphatic heterocycles. The van der Waals surface area contributed by atoms with Crippen LogP contribution in [0.15, 0.2) is 54.6 Å². The second kappa shape index (κ2) is 6.17. The topological polar surface area (TPSA) is 57.0 Å². The van der Waals surface area contributed by atoms with E-state index in [0.29, 0.717) is 17.7 Å². The number of nitrogens with zero attached hydrogens (tertiary/aromatic N) is 3. The van der Waals surface area contributed by atoms with Gasteiger partial charge in [-0.15, -0.1) is 5.10 Å². The number of carbonyl (C=O) groups is 1. The minimum Gasteiger partial charge on any atom is -0.487 e. The van der Waals surface area contributed by atoms with Crippen LogP contribution in [0.25, 0.3) is 5.69 Å². The average Bonchev–Trinajstić information content (AvgIpc) is 2.97. The second-order valence-corrected chi connectivity index (χ2v) is 4.50. The fourth-order valence-electron chi connectivity index (χ4n) is 2.03. The number of hydrogen-bond acceptors (Lipinski definition) is 4. The van der Waals surface area contributed by atoms with Crippen molar-refractivity contribution in [2.45, 2.75) is 6.61 Å². The number of halogens is 1. The lowest BCUT2D eigenvalue weighted by Gasteiger charge is -2.09. The summed E-state index contributed by atoms with van der Waals surface area (Å²) in [6, 6.07) is 15.3. The summed E-state index contributed by atoms with van der Waals surface area (Å²) in [5.74, 6) is 0.187. The van der Waals surface area contributed by atoms with E-state index in [1.54, 1.807) is 30.3 Å². The van der Waals surface area contributed by atoms with Crippen LogP contribution in [0.5, 0.6) is 5.75 Å². The van der Waals surface area contributed by atoms with Gasteiger partial charge in [0.05, 0.1) is 0 Å². The number of benzene rings is 2. The minimum atomic E-state index is -0.453. The zero-order valence-electron chi connectivity index (χ0n) is 11.5. The first kappa shape index (κ1) is 13.9. The summed E-state index contributed by atoms with van der Waals surface area (Å²) in [7, 11) is 0. The first-order chi connectivity index (χ1) is 10.8. The summed E-state index contributed by atoms with van der Waals surface area (Å²) in [6.45, 7) is 0.0550. The number of aromatic nitrogens is 3. The molecule has 1 aromatic heterocycles. The molecular formula is C16H12FN3O2. The van der Waals surface area contributed by atoms with E-state index >= 15 is 0 Å². The van der Waals surface area contributed by atoms with Gasteiger partial charge in [0.2, 0.25) is 0 Å². The minimum absolute atomic E-state index is 0.0550. The fourth-order valence-corrected chi connectivity index (χ4v) is 2.03. The standard InChI is InChI=1S/C16H12FN3O2/c17-13-8-4-5-9-15(13)20-16(14(10-21)18-19-20)11-22-12-6-2-1-3-7-12/h1-10H,11H2. The number of aldehydes is 1. The van der Waals surface area contributed by atoms with Crippen molar-refractivity contribution in [2.24, 2.45) is 0 Å². The molecule has 0 aliphatic rings. The predicted molar refractivity (Wildman–Crippen MR) is 77.5 cm³/mol. The summed E-state index contributed by atoms with van der Waals surface area (Å²) in [5.41, 5.74) is 0.734. The lowest BCUT2D eigenvalue weighted by molar-refractivity contribution is 0.111. The SMILES string of the molecule is O=Cc1nnn(-c2ccccc2F)c1COc1ccccc1. The van der Waals surface area contributed by atoms with Crippen molar-refractivity contribution in [2.75, 3.05) is 0 Å². The van der Waals surface area contributed by atoms with Crippen LogP contribution in [0, 0.1) is 5.82 Å². The van der Waals surface area contributed by atoms with Crippen molar-refractivity contribution < 1.29 is 13.9 Å². The lowest BCUT2D eigenvalue weighted by Crippen LogP contribution is -2.09. The van der Waals surface area contributed by atoms with E-state index in [2.05, 4.69) is 10.3 Å². The summed E-state index contributed by atoms with van der Waals surface area (Å²) in [4.78, 5) is 11.1. The van der Waals surface area contributed by atoms with Crippen molar-refractivity contribution in [1.29, 1.82) is 0 Å². The molecule has 5 nitrogen and oxygen atoms in total. The highest BCUT2D eigenvalue weighted by atomic mass is 19.1. The highest BCUT2D eigenvalue weighted by molar-refractivity contribution is 5.73. The molecule has 2 aromatic carbocycles. The zero-order chi connectivity index (χ0) is 15.4. The van der Waals surface area contributed by atoms with Gasteiger partial charge in [-0.25, -0.2) is 9.07 Å². The number of carbonyl (C=O) groups excluding carboxylic acids is 1. The van der Waals surface area contributed by atoms with Gasteiger partial charge < -0.3 is 4.74 Å². The van der Waals surface area contributed by atoms with E-state index in [-0.39, 0.29) is 18.0 Å². The van der Waals surface area contributed by atoms with E-state index in [9.17, 15) is 9.18 Å². The number of hydrogen-bond donors (Lipinski definition) is 0. The largest absolute Gasteiger partial charge is 0.487 e. The van der Waals surface area contributed by atoms with Gasteiger partial charge in [-0.05, 0) is 24.3 Å². The third kappa shape index (κ3) is 2.71. The van der Waals surface area contributed by atoms with Gasteiger partial charge in [-0.1, -0.05) is 35.5 Å². The normalized spacial score (nSPS) is 10.4. The Balaban J connectivity index is 1.94. The van der Waals surface area contributed by atoms with E-state index in [4.69, 9.17) is 4.74 Å². The van der Waals surface area contributed by atoms with Crippen LogP contribution in [-0.4, -0.2) is 21.3 Å². The Hall–Kier alpha value is -3.02. The Kier molecular flexibility index (Phi) is 3.91. The average molecular weight is 297 g/mol. The van der Waals surface area contributed by atoms with Crippen LogP contribution < -0.4 is 4.74 Å². The molecular weight excluding hydrogens is 285 g/mol. The lowest BCUT2D eigenvalue weighted by atomic mass is 10.3. The maximum absolute atomic E-state index is 13.9. The molecule has 0 fully saturated rings. The second-order valence-electron chi connectivity index (χ2n) is 4.50. The van der Waals surface area contributed by atoms with E-state index in [0.717, 1.165) is 0 Å². The van der Waals surface area contributed by atoms with Crippen LogP contribution in [0.1, 0.15) is 16.2 Å². The van der Waals surface area contributed by atoms with Gasteiger partial charge in [0, 0.05) is 0 Å². The van der Waals surface area contributed by atoms with Crippen LogP contribution in [0.3, 0.4) is 0 Å². The number of rotatable bonds is 5. The molecule has 0 spiro atoms. The summed E-state index contributed by atoms with van der Waals surface area (Å²) in [6.07, 6.45) is 0.577. The van der Waals surface area contributed by atoms with Crippen molar-refractivity contribution in [3.05, 3.63) is 71.8 Å². The Bertz CT molecular complexity index is 787. The van der Waals surface area contributed by atoms with Crippen molar-refractivity contribution in [3.63, 3.8) is 0 Å². The van der Waals surface area contributed by atoms with Crippen molar-refractivity contribution >= 4 is 6.29 Å². The third-order valence-corrected chi connectivity index (χ3v) is 3.10. The van der Waals surface area contributed by atoms with Gasteiger partial charge in [0.1, 0.15) is 29.6 Å². The molecule has 110 valence electrons. The van der Waals surface area contributed by atoms with E-state index < -0.39 is 5.82 Å². The first-order valence-corrected chi connectivity index (χ1v) is 6.62. The predicted octanol–water partition coefficient (Wildman–Crippen LogP) is 2.80. The fraction of sp³-hybridized carbons (Fsp3) is 0.0625. The van der Waals surface area contributed by atoms with E-state index in [1.807, 2.05) is 18.2 Å². The highest BCUT2D eigenvalue weighted by Gasteiger charge is 2.16. The van der Waals surface area contributed by atoms with Crippen LogP contribution >= 0.6 is 0 Å². The summed E-state index contributed by atoms with van der Waals surface area (Å²) in [5, 5.41) is 7.61. The Morgan fingerprint density at radius 3 is 2.55 bits per heavy atom. The Labute approximate surface area is 126 Å². The van der Waals surface area contributed by atoms with E-state index in [1.165, 1.54) is 10.7 Å². The molecule has 0 saturated heterocycles. The Morgan fingerprint density at radius 2 is 1.82 bits per heavy atom. The molecule has 0 atom stereocenters. The molecule has 0 amide bonds. The molecule has 0 N–H and O–H groups in total. The maximum Gasteiger partial charge on any atom is 0.172 e. The van der Waals surface area contributed by atoms with Gasteiger partial charge in [0.15, 0.2) is 12.0 Å². The molecule has 3 rings (SSSR count). The summed E-state index contributed by atoms with van der Waals surface area (Å²) >= 11 is 0. The molecule has 0 aliphatic carbocycles. The molecule has 22 heavy (non-hydrogen) atoms. The van der Waals surface area contributed by atoms with Crippen LogP contribution in [-0.2, 0) is 6.61 Å². The van der Waals surface area contributed by atoms with Crippen molar-refractivity contribution in [3.8, 4) is 11.4 Å². The molecule has 1 heterocycles. The van der Waals surface area contributed by atoms with Crippen LogP contribution in [0.4, 0.5) is 4.39 Å². The molecule has 0 saturated carbocycles. The molecule has 3 aromatic rings. The molecule has 0 unspecified atom stereocenters. The monoisotopic (exact) mass is 297 g/mol. The molecule has 6 heteroatoms. The number of ether oxygens (including phenoxy) is 1. The van der Waals surface area contributed by atoms with Gasteiger partial charge in [0.25, 0.3) is 0 Å². The Morgan fingerprint density at radius 1 is 1.09 bits per heavy atom. The third-order valence-electron chi connectivity index (χ3n) is 3.10. The smallest absolute Gasteiger partial charge is 0.172 e. The first-order valence-electron chi connectivity index (χ1n) is 6.62. The van der Waals surface area contributed by atoms with Crippen molar-refractivity contribution in [1.82, 2.24) is 15.0 Å². The quantitative estimate of drug-likeness (QED) is 0.679. The van der Waals surface area contributed by atoms with Gasteiger partial charge in [-0.3, -0.25) is 4.79 Å². The van der Waals surface area contributed by atoms with Gasteiger partial charge in [-0.2, -0.15) is 0 Å². The van der Waals surface area contributed by atoms with Crippen LogP contribution in [0.2, 0.25) is 0 Å². The maximum atomic E-state index is 13.9. The van der Waals surface area contributed by atoms with Gasteiger partial charge >= 0.3 is 0 Å². The highest BCUT2D eigenvalue weighted by Crippen LogP contribution is 2.18. The summed E-state index contributed by atoms with van der Waals surface area (Å²) < 4.78 is 20.8. The molecule has 0 radical (unpaired) electrons. The zero-order valence-corrected chi connectivity index (χ0v) is 11.5. The number of para-hydroxylation sites is 2.